The molecular formula is C17H35N5O10S. The number of hydrogen-bond donors (Lipinski definition) is 8. The molecule has 0 saturated heterocycles. The molecule has 0 heterocycles. The predicted molar refractivity (Wildman–Crippen MR) is 119 cm³/mol. The average molecular weight is 502 g/mol. The molecule has 0 rings (SSSR count). The molecular weight excluding hydrogens is 466 g/mol. The van der Waals surface area contributed by atoms with Gasteiger partial charge < -0.3 is 53.5 Å². The first-order chi connectivity index (χ1) is 15.1. The third-order valence-corrected chi connectivity index (χ3v) is 3.86. The molecule has 0 saturated carbocycles. The number of esters is 3. The number of carbonyl (C=O) groups excluding carboxylic acids is 3. The Morgan fingerprint density at radius 3 is 1.73 bits per heavy atom. The zero-order valence-electron chi connectivity index (χ0n) is 18.7. The van der Waals surface area contributed by atoms with Crippen molar-refractivity contribution in [2.45, 2.75) is 50.5 Å². The number of rotatable bonds is 11. The van der Waals surface area contributed by atoms with Crippen molar-refractivity contribution >= 4 is 41.6 Å². The standard InChI is InChI=1S/C8H16N2O4S.C6H12N2O4.C3H7NO2/c1-15-3-2-5(9)8(13)14-4-6(10)7(11)12;1-3(9)5(8)6(11)12-4(10)2-7;1-2(4)3(5)6/h5-6H,2-4,9-10H2,1H3,(H,11,12);3,5,9H,2,7-8H2,1H3;2H,4H2,1H3,(H,5,6)/t5-,6-;3-,5+;2-/m010/s1. The van der Waals surface area contributed by atoms with Crippen molar-refractivity contribution in [1.29, 1.82) is 0 Å². The van der Waals surface area contributed by atoms with Crippen LogP contribution in [0.15, 0.2) is 0 Å². The van der Waals surface area contributed by atoms with Crippen molar-refractivity contribution in [3.05, 3.63) is 0 Å². The zero-order chi connectivity index (χ0) is 26.7. The minimum atomic E-state index is -1.21. The van der Waals surface area contributed by atoms with Gasteiger partial charge in [-0.1, -0.05) is 0 Å². The van der Waals surface area contributed by atoms with Crippen LogP contribution < -0.4 is 28.7 Å². The summed E-state index contributed by atoms with van der Waals surface area (Å²) >= 11 is 1.57. The van der Waals surface area contributed by atoms with Crippen molar-refractivity contribution < 1.29 is 48.8 Å². The molecule has 194 valence electrons. The lowest BCUT2D eigenvalue weighted by molar-refractivity contribution is -0.161. The van der Waals surface area contributed by atoms with Gasteiger partial charge in [-0.25, -0.2) is 4.79 Å². The van der Waals surface area contributed by atoms with Gasteiger partial charge in [0, 0.05) is 0 Å². The molecule has 13 N–H and O–H groups in total. The normalized spacial score (nSPS) is 14.5. The summed E-state index contributed by atoms with van der Waals surface area (Å²) in [6.07, 6.45) is 1.35. The predicted octanol–water partition coefficient (Wildman–Crippen LogP) is -3.84. The van der Waals surface area contributed by atoms with E-state index in [1.165, 1.54) is 13.8 Å². The van der Waals surface area contributed by atoms with E-state index in [4.69, 9.17) is 44.0 Å². The Bertz CT molecular complexity index is 621. The number of aliphatic hydroxyl groups is 1. The summed E-state index contributed by atoms with van der Waals surface area (Å²) in [5.41, 5.74) is 25.5. The van der Waals surface area contributed by atoms with E-state index in [1.54, 1.807) is 11.8 Å². The molecule has 0 aromatic heterocycles. The third kappa shape index (κ3) is 21.3. The second-order valence-electron chi connectivity index (χ2n) is 6.35. The van der Waals surface area contributed by atoms with Crippen LogP contribution in [0.5, 0.6) is 0 Å². The van der Waals surface area contributed by atoms with Gasteiger partial charge in [-0.3, -0.25) is 19.2 Å². The summed E-state index contributed by atoms with van der Waals surface area (Å²) in [5.74, 6) is -3.87. The van der Waals surface area contributed by atoms with Crippen LogP contribution in [0.25, 0.3) is 0 Å². The zero-order valence-corrected chi connectivity index (χ0v) is 19.5. The highest BCUT2D eigenvalue weighted by molar-refractivity contribution is 7.98. The minimum Gasteiger partial charge on any atom is -0.480 e. The summed E-state index contributed by atoms with van der Waals surface area (Å²) in [6, 6.07) is -3.84. The number of carboxylic acids is 2. The molecule has 16 heteroatoms. The topological polar surface area (TPSA) is 295 Å². The summed E-state index contributed by atoms with van der Waals surface area (Å²) in [4.78, 5) is 52.3. The van der Waals surface area contributed by atoms with E-state index >= 15 is 0 Å². The second-order valence-corrected chi connectivity index (χ2v) is 7.34. The van der Waals surface area contributed by atoms with Crippen LogP contribution in [0, 0.1) is 0 Å². The van der Waals surface area contributed by atoms with Gasteiger partial charge in [-0.15, -0.1) is 0 Å². The fourth-order valence-electron chi connectivity index (χ4n) is 1.13. The second kappa shape index (κ2) is 20.3. The van der Waals surface area contributed by atoms with E-state index in [2.05, 4.69) is 9.47 Å². The lowest BCUT2D eigenvalue weighted by Gasteiger charge is -2.12. The quantitative estimate of drug-likeness (QED) is 0.0992. The molecule has 0 aromatic rings. The van der Waals surface area contributed by atoms with Crippen LogP contribution >= 0.6 is 11.8 Å². The van der Waals surface area contributed by atoms with Crippen molar-refractivity contribution in [3.8, 4) is 0 Å². The lowest BCUT2D eigenvalue weighted by Crippen LogP contribution is -2.42. The van der Waals surface area contributed by atoms with Gasteiger partial charge in [0.2, 0.25) is 0 Å². The average Bonchev–Trinajstić information content (AvgIpc) is 2.75. The molecule has 0 aliphatic heterocycles. The summed E-state index contributed by atoms with van der Waals surface area (Å²) in [6.45, 7) is 2.00. The Kier molecular flexibility index (Phi) is 21.7. The SMILES string of the molecule is CSCC[C@H](N)C(=O)OC[C@H](N)C(=O)O.C[C@@H](O)[C@H](N)C(=O)OC(=O)CN.C[C@H](N)C(=O)O. The van der Waals surface area contributed by atoms with Gasteiger partial charge in [0.05, 0.1) is 12.6 Å². The number of carboxylic acid groups (broad SMARTS) is 2. The molecule has 0 radical (unpaired) electrons. The number of ether oxygens (including phenoxy) is 2. The number of thioether (sulfide) groups is 1. The van der Waals surface area contributed by atoms with E-state index < -0.39 is 66.7 Å². The van der Waals surface area contributed by atoms with Gasteiger partial charge >= 0.3 is 29.8 Å². The highest BCUT2D eigenvalue weighted by atomic mass is 32.2. The van der Waals surface area contributed by atoms with Gasteiger partial charge in [-0.2, -0.15) is 11.8 Å². The van der Waals surface area contributed by atoms with Crippen LogP contribution in [0.2, 0.25) is 0 Å². The Balaban J connectivity index is -0.000000446. The van der Waals surface area contributed by atoms with Gasteiger partial charge in [0.1, 0.15) is 30.8 Å². The van der Waals surface area contributed by atoms with Crippen molar-refractivity contribution in [3.63, 3.8) is 0 Å². The van der Waals surface area contributed by atoms with Crippen LogP contribution in [0.4, 0.5) is 0 Å². The molecule has 33 heavy (non-hydrogen) atoms. The molecule has 15 nitrogen and oxygen atoms in total. The fraction of sp³-hybridized carbons (Fsp3) is 0.706. The molecule has 0 fully saturated rings. The first-order valence-electron chi connectivity index (χ1n) is 9.38. The maximum atomic E-state index is 11.2. The van der Waals surface area contributed by atoms with Crippen LogP contribution in [0.1, 0.15) is 20.3 Å². The Morgan fingerprint density at radius 1 is 0.909 bits per heavy atom. The summed E-state index contributed by atoms with van der Waals surface area (Å²) in [5, 5.41) is 25.1. The molecule has 0 aromatic carbocycles. The number of aliphatic hydroxyl groups excluding tert-OH is 1. The number of hydrogen-bond acceptors (Lipinski definition) is 14. The Morgan fingerprint density at radius 2 is 1.39 bits per heavy atom. The van der Waals surface area contributed by atoms with E-state index in [0.29, 0.717) is 6.42 Å². The monoisotopic (exact) mass is 501 g/mol. The van der Waals surface area contributed by atoms with Crippen LogP contribution in [0.3, 0.4) is 0 Å². The highest BCUT2D eigenvalue weighted by Gasteiger charge is 2.22. The van der Waals surface area contributed by atoms with Crippen molar-refractivity contribution in [2.24, 2.45) is 28.7 Å². The minimum absolute atomic E-state index is 0.346. The third-order valence-electron chi connectivity index (χ3n) is 3.22. The fourth-order valence-corrected chi connectivity index (χ4v) is 1.62. The first-order valence-corrected chi connectivity index (χ1v) is 10.8. The van der Waals surface area contributed by atoms with E-state index in [0.717, 1.165) is 5.75 Å². The Hall–Kier alpha value is -2.34. The number of nitrogens with two attached hydrogens (primary N) is 5. The molecule has 5 atom stereocenters. The van der Waals surface area contributed by atoms with E-state index in [-0.39, 0.29) is 6.61 Å². The maximum Gasteiger partial charge on any atom is 0.333 e. The smallest absolute Gasteiger partial charge is 0.333 e. The summed E-state index contributed by atoms with van der Waals surface area (Å²) < 4.78 is 8.78. The van der Waals surface area contributed by atoms with Gasteiger partial charge in [0.15, 0.2) is 0 Å². The van der Waals surface area contributed by atoms with E-state index in [1.807, 2.05) is 6.26 Å². The molecule has 0 spiro atoms. The van der Waals surface area contributed by atoms with E-state index in [9.17, 15) is 24.0 Å². The van der Waals surface area contributed by atoms with Crippen LogP contribution in [-0.2, 0) is 33.4 Å². The molecule has 0 aliphatic carbocycles. The molecule has 0 bridgehead atoms. The van der Waals surface area contributed by atoms with Gasteiger partial charge in [-0.05, 0) is 32.3 Å². The highest BCUT2D eigenvalue weighted by Crippen LogP contribution is 2.00. The lowest BCUT2D eigenvalue weighted by atomic mass is 10.2. The van der Waals surface area contributed by atoms with Crippen molar-refractivity contribution in [2.75, 3.05) is 25.2 Å². The Labute approximate surface area is 195 Å². The number of carbonyl (C=O) groups is 5. The van der Waals surface area contributed by atoms with Gasteiger partial charge in [0.25, 0.3) is 0 Å². The number of aliphatic carboxylic acids is 2. The summed E-state index contributed by atoms with van der Waals surface area (Å²) in [7, 11) is 0. The maximum absolute atomic E-state index is 11.2. The molecule has 0 unspecified atom stereocenters. The molecule has 0 aliphatic rings. The largest absolute Gasteiger partial charge is 0.480 e. The molecule has 0 amide bonds. The van der Waals surface area contributed by atoms with Crippen molar-refractivity contribution in [1.82, 2.24) is 0 Å². The van der Waals surface area contributed by atoms with Crippen LogP contribution in [-0.4, -0.2) is 101 Å². The first kappa shape index (κ1) is 35.3.